The van der Waals surface area contributed by atoms with Crippen LogP contribution in [0.25, 0.3) is 6.08 Å². The second-order valence-electron chi connectivity index (χ2n) is 3.18. The van der Waals surface area contributed by atoms with Crippen molar-refractivity contribution in [2.75, 3.05) is 6.61 Å². The summed E-state index contributed by atoms with van der Waals surface area (Å²) >= 11 is 1.08. The van der Waals surface area contributed by atoms with Crippen LogP contribution in [0.4, 0.5) is 0 Å². The quantitative estimate of drug-likeness (QED) is 0.815. The summed E-state index contributed by atoms with van der Waals surface area (Å²) in [5.41, 5.74) is 0.485. The molecule has 6 heteroatoms. The fourth-order valence-corrected chi connectivity index (χ4v) is 2.00. The van der Waals surface area contributed by atoms with Crippen LogP contribution in [0.2, 0.25) is 0 Å². The fraction of sp³-hybridized carbons (Fsp3) is 0.364. The zero-order valence-electron chi connectivity index (χ0n) is 9.60. The molecule has 0 aliphatic heterocycles. The summed E-state index contributed by atoms with van der Waals surface area (Å²) in [5, 5.41) is 9.41. The van der Waals surface area contributed by atoms with Gasteiger partial charge in [0.2, 0.25) is 0 Å². The number of carboxylic acid groups (broad SMARTS) is 1. The van der Waals surface area contributed by atoms with E-state index < -0.39 is 5.97 Å². The molecule has 0 amide bonds. The maximum atomic E-state index is 11.0. The number of aromatic nitrogens is 1. The van der Waals surface area contributed by atoms with Gasteiger partial charge in [-0.3, -0.25) is 4.79 Å². The van der Waals surface area contributed by atoms with Gasteiger partial charge in [-0.15, -0.1) is 11.3 Å². The number of carbonyl (C=O) groups excluding carboxylic acids is 1. The van der Waals surface area contributed by atoms with E-state index in [0.29, 0.717) is 17.3 Å². The first-order valence-corrected chi connectivity index (χ1v) is 5.89. The molecule has 0 saturated carbocycles. The molecule has 0 atom stereocenters. The second kappa shape index (κ2) is 6.15. The molecule has 1 aromatic heterocycles. The third kappa shape index (κ3) is 3.99. The predicted octanol–water partition coefficient (Wildman–Crippen LogP) is 2.12. The molecule has 1 heterocycles. The van der Waals surface area contributed by atoms with Crippen LogP contribution in [-0.2, 0) is 9.53 Å². The molecule has 0 radical (unpaired) electrons. The van der Waals surface area contributed by atoms with Gasteiger partial charge >= 0.3 is 11.9 Å². The highest BCUT2D eigenvalue weighted by atomic mass is 32.1. The van der Waals surface area contributed by atoms with Crippen molar-refractivity contribution in [3.05, 3.63) is 21.7 Å². The van der Waals surface area contributed by atoms with Crippen molar-refractivity contribution in [2.45, 2.75) is 20.3 Å². The van der Waals surface area contributed by atoms with Gasteiger partial charge in [0.15, 0.2) is 0 Å². The standard InChI is InChI=1S/C11H13NO4S/c1-3-16-9(13)6-4-5-8-12-7(2)10(17-8)11(14)15/h4-5H,3,6H2,1-2H3,(H,14,15). The maximum absolute atomic E-state index is 11.0. The first kappa shape index (κ1) is 13.4. The van der Waals surface area contributed by atoms with Gasteiger partial charge in [0, 0.05) is 0 Å². The Balaban J connectivity index is 2.63. The van der Waals surface area contributed by atoms with Crippen molar-refractivity contribution < 1.29 is 19.4 Å². The Morgan fingerprint density at radius 3 is 2.76 bits per heavy atom. The van der Waals surface area contributed by atoms with E-state index >= 15 is 0 Å². The van der Waals surface area contributed by atoms with E-state index in [2.05, 4.69) is 4.98 Å². The van der Waals surface area contributed by atoms with Crippen LogP contribution in [0.5, 0.6) is 0 Å². The summed E-state index contributed by atoms with van der Waals surface area (Å²) in [7, 11) is 0. The lowest BCUT2D eigenvalue weighted by Gasteiger charge is -1.95. The summed E-state index contributed by atoms with van der Waals surface area (Å²) in [6.07, 6.45) is 3.40. The van der Waals surface area contributed by atoms with Crippen LogP contribution in [-0.4, -0.2) is 28.6 Å². The normalized spacial score (nSPS) is 10.7. The minimum absolute atomic E-state index is 0.162. The van der Waals surface area contributed by atoms with E-state index in [0.717, 1.165) is 11.3 Å². The van der Waals surface area contributed by atoms with Crippen LogP contribution in [0, 0.1) is 6.92 Å². The van der Waals surface area contributed by atoms with E-state index in [9.17, 15) is 9.59 Å². The lowest BCUT2D eigenvalue weighted by molar-refractivity contribution is -0.142. The van der Waals surface area contributed by atoms with Crippen molar-refractivity contribution in [3.8, 4) is 0 Å². The second-order valence-corrected chi connectivity index (χ2v) is 4.21. The predicted molar refractivity (Wildman–Crippen MR) is 64.1 cm³/mol. The van der Waals surface area contributed by atoms with Gasteiger partial charge in [0.25, 0.3) is 0 Å². The molecule has 92 valence electrons. The van der Waals surface area contributed by atoms with Gasteiger partial charge in [-0.1, -0.05) is 6.08 Å². The van der Waals surface area contributed by atoms with Crippen LogP contribution in [0.3, 0.4) is 0 Å². The average Bonchev–Trinajstić information content (AvgIpc) is 2.60. The molecule has 0 bridgehead atoms. The lowest BCUT2D eigenvalue weighted by Crippen LogP contribution is -2.01. The van der Waals surface area contributed by atoms with Crippen molar-refractivity contribution in [3.63, 3.8) is 0 Å². The van der Waals surface area contributed by atoms with E-state index in [-0.39, 0.29) is 17.3 Å². The molecule has 1 rings (SSSR count). The Hall–Kier alpha value is -1.69. The Morgan fingerprint density at radius 2 is 2.24 bits per heavy atom. The number of carboxylic acids is 1. The van der Waals surface area contributed by atoms with Crippen molar-refractivity contribution >= 4 is 29.4 Å². The Morgan fingerprint density at radius 1 is 1.53 bits per heavy atom. The number of esters is 1. The summed E-state index contributed by atoms with van der Waals surface area (Å²) in [4.78, 5) is 26.1. The van der Waals surface area contributed by atoms with Gasteiger partial charge in [-0.25, -0.2) is 9.78 Å². The molecule has 1 N–H and O–H groups in total. The molecule has 0 aromatic carbocycles. The number of rotatable bonds is 5. The maximum Gasteiger partial charge on any atom is 0.347 e. The zero-order valence-corrected chi connectivity index (χ0v) is 10.4. The summed E-state index contributed by atoms with van der Waals surface area (Å²) < 4.78 is 4.75. The molecule has 0 fully saturated rings. The molecule has 17 heavy (non-hydrogen) atoms. The largest absolute Gasteiger partial charge is 0.477 e. The van der Waals surface area contributed by atoms with E-state index in [1.165, 1.54) is 0 Å². The van der Waals surface area contributed by atoms with Gasteiger partial charge in [0.05, 0.1) is 18.7 Å². The molecule has 0 saturated heterocycles. The Kier molecular flexibility index (Phi) is 4.84. The van der Waals surface area contributed by atoms with Crippen molar-refractivity contribution in [2.24, 2.45) is 0 Å². The molecule has 1 aromatic rings. The SMILES string of the molecule is CCOC(=O)CC=Cc1nc(C)c(C(=O)O)s1. The molecule has 5 nitrogen and oxygen atoms in total. The number of nitrogens with zero attached hydrogens (tertiary/aromatic N) is 1. The van der Waals surface area contributed by atoms with Crippen LogP contribution in [0.15, 0.2) is 6.08 Å². The van der Waals surface area contributed by atoms with Gasteiger partial charge in [-0.05, 0) is 19.9 Å². The first-order chi connectivity index (χ1) is 8.04. The highest BCUT2D eigenvalue weighted by Crippen LogP contribution is 2.19. The van der Waals surface area contributed by atoms with E-state index in [1.807, 2.05) is 0 Å². The smallest absolute Gasteiger partial charge is 0.347 e. The molecule has 0 aliphatic carbocycles. The minimum Gasteiger partial charge on any atom is -0.477 e. The number of aryl methyl sites for hydroxylation is 1. The monoisotopic (exact) mass is 255 g/mol. The third-order valence-corrected chi connectivity index (χ3v) is 2.97. The highest BCUT2D eigenvalue weighted by molar-refractivity contribution is 7.14. The number of hydrogen-bond acceptors (Lipinski definition) is 5. The van der Waals surface area contributed by atoms with Crippen LogP contribution in [0.1, 0.15) is 33.7 Å². The van der Waals surface area contributed by atoms with Crippen LogP contribution >= 0.6 is 11.3 Å². The Labute approximate surface area is 103 Å². The topological polar surface area (TPSA) is 76.5 Å². The Bertz CT molecular complexity index is 450. The fourth-order valence-electron chi connectivity index (χ4n) is 1.16. The average molecular weight is 255 g/mol. The third-order valence-electron chi connectivity index (χ3n) is 1.86. The number of carbonyl (C=O) groups is 2. The van der Waals surface area contributed by atoms with Gasteiger partial charge < -0.3 is 9.84 Å². The first-order valence-electron chi connectivity index (χ1n) is 5.07. The van der Waals surface area contributed by atoms with Crippen molar-refractivity contribution in [1.82, 2.24) is 4.98 Å². The summed E-state index contributed by atoms with van der Waals surface area (Å²) in [5.74, 6) is -1.29. The van der Waals surface area contributed by atoms with Gasteiger partial charge in [-0.2, -0.15) is 0 Å². The van der Waals surface area contributed by atoms with E-state index in [4.69, 9.17) is 9.84 Å². The number of aromatic carboxylic acids is 1. The minimum atomic E-state index is -0.981. The number of thiazole rings is 1. The number of hydrogen-bond donors (Lipinski definition) is 1. The molecular weight excluding hydrogens is 242 g/mol. The molecule has 0 spiro atoms. The summed E-state index contributed by atoms with van der Waals surface area (Å²) in [6, 6.07) is 0. The summed E-state index contributed by atoms with van der Waals surface area (Å²) in [6.45, 7) is 3.74. The molecular formula is C11H13NO4S. The zero-order chi connectivity index (χ0) is 12.8. The van der Waals surface area contributed by atoms with Crippen LogP contribution < -0.4 is 0 Å². The van der Waals surface area contributed by atoms with Crippen molar-refractivity contribution in [1.29, 1.82) is 0 Å². The van der Waals surface area contributed by atoms with Gasteiger partial charge in [0.1, 0.15) is 9.88 Å². The highest BCUT2D eigenvalue weighted by Gasteiger charge is 2.12. The number of ether oxygens (including phenoxy) is 1. The molecule has 0 unspecified atom stereocenters. The van der Waals surface area contributed by atoms with E-state index in [1.54, 1.807) is 26.0 Å². The lowest BCUT2D eigenvalue weighted by atomic mass is 10.4. The molecule has 0 aliphatic rings.